The van der Waals surface area contributed by atoms with Crippen molar-refractivity contribution in [3.63, 3.8) is 0 Å². The van der Waals surface area contributed by atoms with Crippen LogP contribution in [-0.2, 0) is 0 Å². The van der Waals surface area contributed by atoms with E-state index >= 15 is 0 Å². The fourth-order valence-corrected chi connectivity index (χ4v) is 0.992. The summed E-state index contributed by atoms with van der Waals surface area (Å²) in [5.74, 6) is 1.51. The predicted octanol–water partition coefficient (Wildman–Crippen LogP) is 3.23. The largest absolute Gasteiger partial charge is 0.0754 e. The monoisotopic (exact) mass is 224 g/mol. The molecule has 0 aliphatic heterocycles. The van der Waals surface area contributed by atoms with E-state index in [0.717, 1.165) is 11.8 Å². The van der Waals surface area contributed by atoms with Gasteiger partial charge in [-0.05, 0) is 15.9 Å². The van der Waals surface area contributed by atoms with E-state index in [1.54, 1.807) is 0 Å². The Kier molecular flexibility index (Phi) is 4.61. The van der Waals surface area contributed by atoms with E-state index < -0.39 is 0 Å². The molecule has 48 valence electrons. The molecule has 0 aliphatic rings. The summed E-state index contributed by atoms with van der Waals surface area (Å²) in [5.41, 5.74) is 0. The maximum Gasteiger partial charge on any atom is -0.0231 e. The van der Waals surface area contributed by atoms with Gasteiger partial charge in [0.15, 0.2) is 0 Å². The highest BCUT2D eigenvalue weighted by Gasteiger charge is 1.99. The van der Waals surface area contributed by atoms with Crippen LogP contribution < -0.4 is 0 Å². The molecule has 0 amide bonds. The average molecular weight is 224 g/mol. The molecule has 0 saturated heterocycles. The van der Waals surface area contributed by atoms with E-state index in [4.69, 9.17) is 0 Å². The lowest BCUT2D eigenvalue weighted by Crippen LogP contribution is -1.98. The molecule has 0 bridgehead atoms. The molecule has 0 aromatic heterocycles. The summed E-state index contributed by atoms with van der Waals surface area (Å²) in [7, 11) is 0. The fraction of sp³-hybridized carbons (Fsp3) is 0.714. The number of hydrogen-bond acceptors (Lipinski definition) is 0. The topological polar surface area (TPSA) is 0 Å². The lowest BCUT2D eigenvalue weighted by atomic mass is 9.99. The van der Waals surface area contributed by atoms with Crippen LogP contribution in [-0.4, -0.2) is 0 Å². The minimum absolute atomic E-state index is 0.729. The minimum Gasteiger partial charge on any atom is -0.0754 e. The molecule has 0 saturated carbocycles. The second kappa shape index (κ2) is 4.36. The smallest absolute Gasteiger partial charge is 0.0231 e. The molecule has 1 heteroatoms. The quantitative estimate of drug-likeness (QED) is 0.631. The second-order valence-corrected chi connectivity index (χ2v) is 3.14. The van der Waals surface area contributed by atoms with Gasteiger partial charge >= 0.3 is 0 Å². The molecule has 0 heterocycles. The normalized spacial score (nSPS) is 15.6. The van der Waals surface area contributed by atoms with Crippen molar-refractivity contribution in [2.24, 2.45) is 11.8 Å². The molecule has 0 N–H and O–H groups in total. The number of allylic oxidation sites excluding steroid dienone is 1. The lowest BCUT2D eigenvalue weighted by molar-refractivity contribution is 0.505. The van der Waals surface area contributed by atoms with E-state index in [1.165, 1.54) is 0 Å². The van der Waals surface area contributed by atoms with Gasteiger partial charge in [0.1, 0.15) is 0 Å². The van der Waals surface area contributed by atoms with E-state index in [2.05, 4.69) is 53.5 Å². The summed E-state index contributed by atoms with van der Waals surface area (Å²) in [6.45, 7) is 6.71. The number of rotatable bonds is 2. The third kappa shape index (κ3) is 3.47. The summed E-state index contributed by atoms with van der Waals surface area (Å²) in [4.78, 5) is 0. The van der Waals surface area contributed by atoms with Crippen LogP contribution >= 0.6 is 22.6 Å². The molecule has 0 spiro atoms. The van der Waals surface area contributed by atoms with Crippen LogP contribution in [0.1, 0.15) is 20.8 Å². The van der Waals surface area contributed by atoms with E-state index in [0.29, 0.717) is 0 Å². The molecule has 0 nitrogen and oxygen atoms in total. The van der Waals surface area contributed by atoms with Gasteiger partial charge in [-0.25, -0.2) is 0 Å². The molecular weight excluding hydrogens is 211 g/mol. The SMILES string of the molecule is CC(C)[C@@H](C)/C=C/I. The van der Waals surface area contributed by atoms with Crippen LogP contribution in [0.5, 0.6) is 0 Å². The molecule has 0 radical (unpaired) electrons. The third-order valence-electron chi connectivity index (χ3n) is 1.43. The highest BCUT2D eigenvalue weighted by atomic mass is 127. The molecule has 8 heavy (non-hydrogen) atoms. The van der Waals surface area contributed by atoms with E-state index in [9.17, 15) is 0 Å². The van der Waals surface area contributed by atoms with Gasteiger partial charge in [-0.15, -0.1) is 0 Å². The zero-order chi connectivity index (χ0) is 6.57. The Morgan fingerprint density at radius 2 is 1.75 bits per heavy atom. The first-order chi connectivity index (χ1) is 3.68. The van der Waals surface area contributed by atoms with Crippen molar-refractivity contribution < 1.29 is 0 Å². The molecule has 0 fully saturated rings. The van der Waals surface area contributed by atoms with Crippen LogP contribution in [0.4, 0.5) is 0 Å². The van der Waals surface area contributed by atoms with Crippen molar-refractivity contribution in [2.75, 3.05) is 0 Å². The Balaban J connectivity index is 3.47. The van der Waals surface area contributed by atoms with Gasteiger partial charge in [0.25, 0.3) is 0 Å². The van der Waals surface area contributed by atoms with E-state index in [1.807, 2.05) is 0 Å². The van der Waals surface area contributed by atoms with Crippen molar-refractivity contribution in [1.82, 2.24) is 0 Å². The molecule has 0 rings (SSSR count). The van der Waals surface area contributed by atoms with Gasteiger partial charge in [0.05, 0.1) is 0 Å². The van der Waals surface area contributed by atoms with Gasteiger partial charge in [0, 0.05) is 0 Å². The van der Waals surface area contributed by atoms with Gasteiger partial charge in [-0.2, -0.15) is 0 Å². The lowest BCUT2D eigenvalue weighted by Gasteiger charge is -2.07. The zero-order valence-electron chi connectivity index (χ0n) is 5.69. The Morgan fingerprint density at radius 3 is 1.88 bits per heavy atom. The van der Waals surface area contributed by atoms with Crippen molar-refractivity contribution in [3.05, 3.63) is 10.2 Å². The van der Waals surface area contributed by atoms with Crippen LogP contribution in [0.15, 0.2) is 10.2 Å². The molecule has 0 unspecified atom stereocenters. The van der Waals surface area contributed by atoms with Crippen LogP contribution in [0.25, 0.3) is 0 Å². The van der Waals surface area contributed by atoms with E-state index in [-0.39, 0.29) is 0 Å². The van der Waals surface area contributed by atoms with Crippen molar-refractivity contribution in [2.45, 2.75) is 20.8 Å². The van der Waals surface area contributed by atoms with Crippen molar-refractivity contribution in [3.8, 4) is 0 Å². The standard InChI is InChI=1S/C7H13I/c1-6(2)7(3)4-5-8/h4-7H,1-3H3/b5-4+/t7-/m0/s1. The van der Waals surface area contributed by atoms with Gasteiger partial charge in [0.2, 0.25) is 0 Å². The molecule has 0 aliphatic carbocycles. The summed E-state index contributed by atoms with van der Waals surface area (Å²) in [5, 5.41) is 0. The molecular formula is C7H13I. The van der Waals surface area contributed by atoms with Crippen molar-refractivity contribution >= 4 is 22.6 Å². The van der Waals surface area contributed by atoms with Crippen LogP contribution in [0.3, 0.4) is 0 Å². The van der Waals surface area contributed by atoms with Crippen molar-refractivity contribution in [1.29, 1.82) is 0 Å². The first kappa shape index (κ1) is 8.47. The predicted molar refractivity (Wildman–Crippen MR) is 47.2 cm³/mol. The zero-order valence-corrected chi connectivity index (χ0v) is 7.84. The van der Waals surface area contributed by atoms with Gasteiger partial charge in [-0.1, -0.05) is 49.4 Å². The van der Waals surface area contributed by atoms with Gasteiger partial charge in [-0.3, -0.25) is 0 Å². The summed E-state index contributed by atoms with van der Waals surface area (Å²) in [6.07, 6.45) is 2.23. The Bertz CT molecular complexity index is 74.5. The van der Waals surface area contributed by atoms with Crippen LogP contribution in [0.2, 0.25) is 0 Å². The van der Waals surface area contributed by atoms with Crippen LogP contribution in [0, 0.1) is 11.8 Å². The Hall–Kier alpha value is 0.470. The highest BCUT2D eigenvalue weighted by molar-refractivity contribution is 14.1. The first-order valence-corrected chi connectivity index (χ1v) is 4.20. The summed E-state index contributed by atoms with van der Waals surface area (Å²) >= 11 is 2.26. The number of halogens is 1. The highest BCUT2D eigenvalue weighted by Crippen LogP contribution is 2.11. The first-order valence-electron chi connectivity index (χ1n) is 2.95. The van der Waals surface area contributed by atoms with Gasteiger partial charge < -0.3 is 0 Å². The molecule has 0 aromatic rings. The molecule has 0 aromatic carbocycles. The summed E-state index contributed by atoms with van der Waals surface area (Å²) in [6, 6.07) is 0. The third-order valence-corrected chi connectivity index (χ3v) is 1.84. The summed E-state index contributed by atoms with van der Waals surface area (Å²) < 4.78 is 2.09. The number of hydrogen-bond donors (Lipinski definition) is 0. The Labute approximate surface area is 65.5 Å². The minimum atomic E-state index is 0.729. The second-order valence-electron chi connectivity index (χ2n) is 2.42. The average Bonchev–Trinajstić information content (AvgIpc) is 1.67. The Morgan fingerprint density at radius 1 is 1.25 bits per heavy atom. The fourth-order valence-electron chi connectivity index (χ4n) is 0.337. The maximum absolute atomic E-state index is 2.26. The maximum atomic E-state index is 2.26. The molecule has 1 atom stereocenters.